The van der Waals surface area contributed by atoms with E-state index >= 15 is 0 Å². The Hall–Kier alpha value is -1.73. The second-order valence-electron chi connectivity index (χ2n) is 3.97. The highest BCUT2D eigenvalue weighted by Gasteiger charge is 2.07. The van der Waals surface area contributed by atoms with Gasteiger partial charge in [-0.1, -0.05) is 15.9 Å². The van der Waals surface area contributed by atoms with E-state index in [4.69, 9.17) is 16.3 Å². The van der Waals surface area contributed by atoms with E-state index in [1.165, 1.54) is 6.08 Å². The quantitative estimate of drug-likeness (QED) is 0.494. The van der Waals surface area contributed by atoms with Gasteiger partial charge in [0.05, 0.1) is 6.61 Å². The summed E-state index contributed by atoms with van der Waals surface area (Å²) in [6.07, 6.45) is 9.23. The van der Waals surface area contributed by atoms with E-state index in [0.29, 0.717) is 18.8 Å². The van der Waals surface area contributed by atoms with Gasteiger partial charge in [-0.05, 0) is 37.1 Å². The number of rotatable bonds is 6. The fraction of sp³-hybridized carbons (Fsp3) is 0.267. The van der Waals surface area contributed by atoms with Crippen LogP contribution in [-0.2, 0) is 4.79 Å². The van der Waals surface area contributed by atoms with Crippen LogP contribution in [0.1, 0.15) is 24.0 Å². The molecule has 0 fully saturated rings. The third kappa shape index (κ3) is 5.19. The van der Waals surface area contributed by atoms with Crippen molar-refractivity contribution >= 4 is 28.0 Å². The molecule has 1 aromatic carbocycles. The maximum Gasteiger partial charge on any atom is 0.328 e. The van der Waals surface area contributed by atoms with Gasteiger partial charge in [-0.3, -0.25) is 0 Å². The maximum atomic E-state index is 10.6. The van der Waals surface area contributed by atoms with Gasteiger partial charge in [-0.25, -0.2) is 4.79 Å². The molecule has 19 heavy (non-hydrogen) atoms. The minimum atomic E-state index is -0.990. The largest absolute Gasteiger partial charge is 0.493 e. The van der Waals surface area contributed by atoms with Gasteiger partial charge in [0.2, 0.25) is 0 Å². The Balaban J connectivity index is 2.93. The number of halogens is 1. The second kappa shape index (κ2) is 7.65. The first-order valence-electron chi connectivity index (χ1n) is 5.82. The van der Waals surface area contributed by atoms with Crippen molar-refractivity contribution in [1.29, 1.82) is 0 Å². The number of terminal acetylenes is 1. The number of carboxylic acids is 1. The van der Waals surface area contributed by atoms with Gasteiger partial charge in [-0.2, -0.15) is 0 Å². The molecule has 0 aliphatic carbocycles. The Morgan fingerprint density at radius 3 is 2.95 bits per heavy atom. The van der Waals surface area contributed by atoms with Crippen LogP contribution in [0.25, 0.3) is 6.08 Å². The molecule has 0 radical (unpaired) electrons. The third-order valence-corrected chi connectivity index (χ3v) is 2.84. The molecular formula is C15H15BrO3. The van der Waals surface area contributed by atoms with Crippen molar-refractivity contribution in [1.82, 2.24) is 0 Å². The number of hydrogen-bond acceptors (Lipinski definition) is 2. The fourth-order valence-corrected chi connectivity index (χ4v) is 2.18. The summed E-state index contributed by atoms with van der Waals surface area (Å²) in [6, 6.07) is 3.75. The second-order valence-corrected chi connectivity index (χ2v) is 4.88. The number of benzene rings is 1. The van der Waals surface area contributed by atoms with E-state index < -0.39 is 5.97 Å². The molecule has 0 aliphatic heterocycles. The van der Waals surface area contributed by atoms with Crippen molar-refractivity contribution in [2.45, 2.75) is 19.8 Å². The summed E-state index contributed by atoms with van der Waals surface area (Å²) in [5.41, 5.74) is 1.68. The summed E-state index contributed by atoms with van der Waals surface area (Å²) in [7, 11) is 0. The molecule has 1 rings (SSSR count). The molecule has 1 aromatic rings. The molecule has 3 nitrogen and oxygen atoms in total. The molecule has 0 aromatic heterocycles. The monoisotopic (exact) mass is 322 g/mol. The van der Waals surface area contributed by atoms with Crippen LogP contribution >= 0.6 is 15.9 Å². The van der Waals surface area contributed by atoms with Gasteiger partial charge in [0.1, 0.15) is 5.75 Å². The number of aliphatic carboxylic acids is 1. The third-order valence-electron chi connectivity index (χ3n) is 2.39. The number of unbranched alkanes of at least 4 members (excludes halogenated alkanes) is 1. The minimum absolute atomic E-state index is 0.514. The first-order valence-corrected chi connectivity index (χ1v) is 6.61. The Labute approximate surface area is 121 Å². The lowest BCUT2D eigenvalue weighted by molar-refractivity contribution is -0.131. The summed E-state index contributed by atoms with van der Waals surface area (Å²) in [4.78, 5) is 10.6. The molecule has 0 aliphatic rings. The van der Waals surface area contributed by atoms with E-state index in [1.54, 1.807) is 0 Å². The zero-order valence-corrected chi connectivity index (χ0v) is 12.2. The minimum Gasteiger partial charge on any atom is -0.493 e. The molecule has 0 amide bonds. The van der Waals surface area contributed by atoms with Gasteiger partial charge >= 0.3 is 5.97 Å². The van der Waals surface area contributed by atoms with Crippen LogP contribution in [0.2, 0.25) is 0 Å². The lowest BCUT2D eigenvalue weighted by Crippen LogP contribution is -2.00. The maximum absolute atomic E-state index is 10.6. The highest BCUT2D eigenvalue weighted by molar-refractivity contribution is 9.10. The molecule has 0 bridgehead atoms. The van der Waals surface area contributed by atoms with E-state index in [-0.39, 0.29) is 0 Å². The van der Waals surface area contributed by atoms with Crippen molar-refractivity contribution in [3.63, 3.8) is 0 Å². The number of hydrogen-bond donors (Lipinski definition) is 1. The van der Waals surface area contributed by atoms with Gasteiger partial charge in [0.15, 0.2) is 0 Å². The zero-order valence-electron chi connectivity index (χ0n) is 10.6. The normalized spacial score (nSPS) is 10.4. The number of carbonyl (C=O) groups is 1. The van der Waals surface area contributed by atoms with E-state index in [9.17, 15) is 4.79 Å². The molecule has 0 spiro atoms. The van der Waals surface area contributed by atoms with Crippen molar-refractivity contribution < 1.29 is 14.6 Å². The Morgan fingerprint density at radius 2 is 2.32 bits per heavy atom. The summed E-state index contributed by atoms with van der Waals surface area (Å²) < 4.78 is 6.58. The Morgan fingerprint density at radius 1 is 1.58 bits per heavy atom. The smallest absolute Gasteiger partial charge is 0.328 e. The molecule has 4 heteroatoms. The molecule has 0 unspecified atom stereocenters. The SMILES string of the molecule is C#CCCCOc1c(C)cc(Br)cc1/C=C/C(=O)O. The fourth-order valence-electron chi connectivity index (χ4n) is 1.59. The van der Waals surface area contributed by atoms with Crippen LogP contribution in [0.4, 0.5) is 0 Å². The topological polar surface area (TPSA) is 46.5 Å². The van der Waals surface area contributed by atoms with Crippen LogP contribution < -0.4 is 4.74 Å². The van der Waals surface area contributed by atoms with Crippen molar-refractivity contribution in [2.24, 2.45) is 0 Å². The van der Waals surface area contributed by atoms with E-state index in [0.717, 1.165) is 28.1 Å². The van der Waals surface area contributed by atoms with Crippen LogP contribution in [0.5, 0.6) is 5.75 Å². The van der Waals surface area contributed by atoms with Crippen molar-refractivity contribution in [3.8, 4) is 18.1 Å². The molecule has 100 valence electrons. The highest BCUT2D eigenvalue weighted by Crippen LogP contribution is 2.29. The molecule has 1 N–H and O–H groups in total. The summed E-state index contributed by atoms with van der Waals surface area (Å²) >= 11 is 3.38. The predicted octanol–water partition coefficient (Wildman–Crippen LogP) is 3.65. The molecule has 0 saturated heterocycles. The lowest BCUT2D eigenvalue weighted by Gasteiger charge is -2.12. The zero-order chi connectivity index (χ0) is 14.3. The average molecular weight is 323 g/mol. The van der Waals surface area contributed by atoms with Gasteiger partial charge in [0.25, 0.3) is 0 Å². The predicted molar refractivity (Wildman–Crippen MR) is 79.1 cm³/mol. The summed E-state index contributed by atoms with van der Waals surface area (Å²) in [6.45, 7) is 2.43. The Bertz CT molecular complexity index is 527. The van der Waals surface area contributed by atoms with Crippen LogP contribution in [0.3, 0.4) is 0 Å². The van der Waals surface area contributed by atoms with Crippen molar-refractivity contribution in [2.75, 3.05) is 6.61 Å². The first-order chi connectivity index (χ1) is 9.04. The summed E-state index contributed by atoms with van der Waals surface area (Å²) in [5.74, 6) is 2.26. The first kappa shape index (κ1) is 15.3. The molecule has 0 saturated carbocycles. The highest BCUT2D eigenvalue weighted by atomic mass is 79.9. The average Bonchev–Trinajstić information content (AvgIpc) is 2.34. The van der Waals surface area contributed by atoms with E-state index in [2.05, 4.69) is 21.9 Å². The number of aryl methyl sites for hydroxylation is 1. The summed E-state index contributed by atoms with van der Waals surface area (Å²) in [5, 5.41) is 8.69. The lowest BCUT2D eigenvalue weighted by atomic mass is 10.1. The number of ether oxygens (including phenoxy) is 1. The van der Waals surface area contributed by atoms with Crippen LogP contribution in [0, 0.1) is 19.3 Å². The van der Waals surface area contributed by atoms with Crippen LogP contribution in [0.15, 0.2) is 22.7 Å². The Kier molecular flexibility index (Phi) is 6.17. The molecule has 0 atom stereocenters. The standard InChI is InChI=1S/C15H15BrO3/c1-3-4-5-8-19-15-11(2)9-13(16)10-12(15)6-7-14(17)18/h1,6-7,9-10H,4-5,8H2,2H3,(H,17,18)/b7-6+. The van der Waals surface area contributed by atoms with Gasteiger partial charge < -0.3 is 9.84 Å². The molecular weight excluding hydrogens is 308 g/mol. The van der Waals surface area contributed by atoms with Crippen molar-refractivity contribution in [3.05, 3.63) is 33.8 Å². The van der Waals surface area contributed by atoms with Gasteiger partial charge in [-0.15, -0.1) is 12.3 Å². The van der Waals surface area contributed by atoms with E-state index in [1.807, 2.05) is 19.1 Å². The molecule has 0 heterocycles. The number of carboxylic acid groups (broad SMARTS) is 1. The van der Waals surface area contributed by atoms with Gasteiger partial charge in [0, 0.05) is 22.5 Å². The van der Waals surface area contributed by atoms with Crippen LogP contribution in [-0.4, -0.2) is 17.7 Å².